The molecule has 0 aliphatic heterocycles. The van der Waals surface area contributed by atoms with Crippen molar-refractivity contribution in [3.63, 3.8) is 0 Å². The Morgan fingerprint density at radius 3 is 1.89 bits per heavy atom. The van der Waals surface area contributed by atoms with Gasteiger partial charge in [-0.2, -0.15) is 0 Å². The molecule has 5 aliphatic carbocycles. The Balaban J connectivity index is 1.33. The van der Waals surface area contributed by atoms with Crippen molar-refractivity contribution in [3.05, 3.63) is 91.9 Å². The third-order valence-electron chi connectivity index (χ3n) is 11.6. The molecule has 0 heterocycles. The highest BCUT2D eigenvalue weighted by Gasteiger charge is 2.48. The summed E-state index contributed by atoms with van der Waals surface area (Å²) >= 11 is 0. The third-order valence-corrected chi connectivity index (χ3v) is 11.6. The van der Waals surface area contributed by atoms with E-state index in [4.69, 9.17) is 0 Å². The fourth-order valence-corrected chi connectivity index (χ4v) is 9.11. The predicted molar refractivity (Wildman–Crippen MR) is 193 cm³/mol. The maximum Gasteiger partial charge on any atom is 0.00597 e. The molecule has 3 atom stereocenters. The van der Waals surface area contributed by atoms with E-state index in [0.717, 1.165) is 6.42 Å². The molecule has 0 saturated heterocycles. The van der Waals surface area contributed by atoms with E-state index < -0.39 is 0 Å². The zero-order valence-electron chi connectivity index (χ0n) is 30.4. The lowest BCUT2D eigenvalue weighted by Crippen LogP contribution is -2.27. The Morgan fingerprint density at radius 1 is 0.682 bits per heavy atom. The molecule has 0 nitrogen and oxygen atoms in total. The molecular weight excluding hydrogens is 528 g/mol. The van der Waals surface area contributed by atoms with Crippen molar-refractivity contribution < 1.29 is 0 Å². The molecule has 44 heavy (non-hydrogen) atoms. The molecule has 0 radical (unpaired) electrons. The van der Waals surface area contributed by atoms with Crippen LogP contribution in [-0.4, -0.2) is 0 Å². The second kappa shape index (κ2) is 9.95. The summed E-state index contributed by atoms with van der Waals surface area (Å²) < 4.78 is 0. The second-order valence-electron chi connectivity index (χ2n) is 18.7. The van der Waals surface area contributed by atoms with Gasteiger partial charge in [-0.15, -0.1) is 0 Å². The molecule has 3 unspecified atom stereocenters. The monoisotopic (exact) mass is 586 g/mol. The highest BCUT2D eigenvalue weighted by atomic mass is 14.5. The number of benzene rings is 1. The van der Waals surface area contributed by atoms with Crippen LogP contribution in [0.1, 0.15) is 127 Å². The number of hydrogen-bond acceptors (Lipinski definition) is 0. The summed E-state index contributed by atoms with van der Waals surface area (Å²) in [6.45, 7) is 33.8. The summed E-state index contributed by atoms with van der Waals surface area (Å²) in [5.41, 5.74) is 17.6. The lowest BCUT2D eigenvalue weighted by molar-refractivity contribution is 0.307. The molecule has 0 spiro atoms. The quantitative estimate of drug-likeness (QED) is 0.308. The van der Waals surface area contributed by atoms with Gasteiger partial charge in [-0.25, -0.2) is 0 Å². The molecular formula is C44H58. The van der Waals surface area contributed by atoms with Crippen LogP contribution in [0, 0.1) is 39.4 Å². The van der Waals surface area contributed by atoms with Crippen LogP contribution in [0.15, 0.2) is 70.4 Å². The summed E-state index contributed by atoms with van der Waals surface area (Å²) in [7, 11) is 0. The average Bonchev–Trinajstić information content (AvgIpc) is 3.61. The molecule has 5 aliphatic rings. The first-order valence-electron chi connectivity index (χ1n) is 17.3. The van der Waals surface area contributed by atoms with Crippen molar-refractivity contribution in [3.8, 4) is 0 Å². The number of allylic oxidation sites excluding steroid dienone is 12. The van der Waals surface area contributed by atoms with E-state index in [1.165, 1.54) is 56.7 Å². The number of hydrogen-bond donors (Lipinski definition) is 0. The first-order chi connectivity index (χ1) is 20.2. The van der Waals surface area contributed by atoms with E-state index >= 15 is 0 Å². The Morgan fingerprint density at radius 2 is 1.27 bits per heavy atom. The van der Waals surface area contributed by atoms with Crippen molar-refractivity contribution in [1.82, 2.24) is 0 Å². The van der Waals surface area contributed by atoms with Gasteiger partial charge in [0.1, 0.15) is 0 Å². The van der Waals surface area contributed by atoms with Gasteiger partial charge in [-0.05, 0) is 129 Å². The normalized spacial score (nSPS) is 25.0. The molecule has 0 aromatic heterocycles. The average molecular weight is 587 g/mol. The van der Waals surface area contributed by atoms with E-state index in [1.807, 2.05) is 0 Å². The largest absolute Gasteiger partial charge is 0.0764 e. The van der Waals surface area contributed by atoms with Gasteiger partial charge in [-0.3, -0.25) is 0 Å². The van der Waals surface area contributed by atoms with Gasteiger partial charge in [0.25, 0.3) is 0 Å². The standard InChI is InChI=1S/C44H58/c1-25-17-26(2)30-20-32-28(18-27(3)31(32)19-29(25)30)15-16-44(13,14)40-24-39(43(10,11)12)35-21-33-34(22-36(35)40)38(42(7,8)9)23-37(33)41(4,5)6/h17-21,23-24,36,38-39H,15-16,22H2,1-14H3. The lowest BCUT2D eigenvalue weighted by atomic mass is 9.66. The van der Waals surface area contributed by atoms with E-state index in [9.17, 15) is 0 Å². The maximum atomic E-state index is 2.74. The van der Waals surface area contributed by atoms with E-state index in [2.05, 4.69) is 139 Å². The highest BCUT2D eigenvalue weighted by Crippen LogP contribution is 2.60. The Hall–Kier alpha value is -2.60. The van der Waals surface area contributed by atoms with E-state index in [-0.39, 0.29) is 21.7 Å². The summed E-state index contributed by atoms with van der Waals surface area (Å²) in [6.07, 6.45) is 16.4. The fraction of sp³-hybridized carbons (Fsp3) is 0.545. The molecule has 0 heteroatoms. The van der Waals surface area contributed by atoms with Crippen LogP contribution in [0.25, 0.3) is 22.3 Å². The Kier molecular flexibility index (Phi) is 7.10. The fourth-order valence-electron chi connectivity index (χ4n) is 9.11. The summed E-state index contributed by atoms with van der Waals surface area (Å²) in [5, 5.41) is 2.88. The van der Waals surface area contributed by atoms with Crippen LogP contribution in [0.2, 0.25) is 0 Å². The third kappa shape index (κ3) is 5.04. The topological polar surface area (TPSA) is 0 Å². The predicted octanol–water partition coefficient (Wildman–Crippen LogP) is 11.1. The number of rotatable bonds is 4. The van der Waals surface area contributed by atoms with Crippen LogP contribution >= 0.6 is 0 Å². The van der Waals surface area contributed by atoms with Crippen LogP contribution in [-0.2, 0) is 0 Å². The first-order valence-corrected chi connectivity index (χ1v) is 17.3. The van der Waals surface area contributed by atoms with Crippen LogP contribution in [0.4, 0.5) is 0 Å². The van der Waals surface area contributed by atoms with Crippen LogP contribution < -0.4 is 10.4 Å². The minimum Gasteiger partial charge on any atom is -0.0764 e. The molecule has 1 aromatic carbocycles. The Bertz CT molecular complexity index is 1760. The van der Waals surface area contributed by atoms with Crippen molar-refractivity contribution >= 4 is 22.3 Å². The summed E-state index contributed by atoms with van der Waals surface area (Å²) in [6, 6.07) is 4.96. The van der Waals surface area contributed by atoms with Gasteiger partial charge in [0.2, 0.25) is 0 Å². The minimum absolute atomic E-state index is 0.131. The molecule has 0 N–H and O–H groups in total. The van der Waals surface area contributed by atoms with Crippen molar-refractivity contribution in [1.29, 1.82) is 0 Å². The maximum absolute atomic E-state index is 2.74. The minimum atomic E-state index is 0.131. The zero-order chi connectivity index (χ0) is 32.3. The van der Waals surface area contributed by atoms with Crippen molar-refractivity contribution in [2.45, 2.75) is 116 Å². The van der Waals surface area contributed by atoms with Crippen LogP contribution in [0.5, 0.6) is 0 Å². The summed E-state index contributed by atoms with van der Waals surface area (Å²) in [4.78, 5) is 0. The van der Waals surface area contributed by atoms with Crippen molar-refractivity contribution in [2.24, 2.45) is 39.4 Å². The highest BCUT2D eigenvalue weighted by molar-refractivity contribution is 5.88. The SMILES string of the molecule is CC1=CC(C)=c2cc3c(cc21)=C(C)C=C3CCC(C)(C)C1=CC(C(C)(C)C)C2=CC3=C(CC21)C(C(C)(C)C)C=C3C(C)(C)C. The molecule has 0 amide bonds. The van der Waals surface area contributed by atoms with Gasteiger partial charge in [-0.1, -0.05) is 123 Å². The lowest BCUT2D eigenvalue weighted by Gasteiger charge is -2.38. The van der Waals surface area contributed by atoms with E-state index in [1.54, 1.807) is 27.9 Å². The smallest absolute Gasteiger partial charge is 0.00597 e. The molecule has 0 bridgehead atoms. The molecule has 234 valence electrons. The Labute approximate surface area is 269 Å². The molecule has 0 saturated carbocycles. The first kappa shape index (κ1) is 31.4. The molecule has 6 rings (SSSR count). The number of fused-ring (bicyclic) bond motifs is 3. The van der Waals surface area contributed by atoms with Gasteiger partial charge < -0.3 is 0 Å². The van der Waals surface area contributed by atoms with Gasteiger partial charge in [0.05, 0.1) is 0 Å². The molecule has 0 fully saturated rings. The molecule has 1 aromatic rings. The second-order valence-corrected chi connectivity index (χ2v) is 18.7. The zero-order valence-corrected chi connectivity index (χ0v) is 30.4. The summed E-state index contributed by atoms with van der Waals surface area (Å²) in [5.74, 6) is 1.53. The van der Waals surface area contributed by atoms with Gasteiger partial charge in [0.15, 0.2) is 0 Å². The van der Waals surface area contributed by atoms with Gasteiger partial charge in [0, 0.05) is 17.8 Å². The van der Waals surface area contributed by atoms with Crippen molar-refractivity contribution in [2.75, 3.05) is 0 Å². The van der Waals surface area contributed by atoms with Crippen LogP contribution in [0.3, 0.4) is 0 Å². The van der Waals surface area contributed by atoms with E-state index in [0.29, 0.717) is 17.8 Å². The van der Waals surface area contributed by atoms with Gasteiger partial charge >= 0.3 is 0 Å².